The zero-order valence-electron chi connectivity index (χ0n) is 16.3. The summed E-state index contributed by atoms with van der Waals surface area (Å²) >= 11 is 6.23. The minimum Gasteiger partial charge on any atom is -0.302 e. The molecule has 0 radical (unpaired) electrons. The first-order valence-electron chi connectivity index (χ1n) is 9.68. The Morgan fingerprint density at radius 1 is 0.500 bits per heavy atom. The van der Waals surface area contributed by atoms with E-state index >= 15 is 0 Å². The molecule has 2 N–H and O–H groups in total. The van der Waals surface area contributed by atoms with Gasteiger partial charge in [0.25, 0.3) is 0 Å². The Hall–Kier alpha value is 1.18. The van der Waals surface area contributed by atoms with E-state index in [0.29, 0.717) is 10.7 Å². The van der Waals surface area contributed by atoms with Gasteiger partial charge in [-0.2, -0.15) is 0 Å². The summed E-state index contributed by atoms with van der Waals surface area (Å²) in [5.41, 5.74) is 0. The molecule has 0 aliphatic carbocycles. The van der Waals surface area contributed by atoms with Crippen LogP contribution >= 0.6 is 47.5 Å². The first kappa shape index (κ1) is 29.2. The van der Waals surface area contributed by atoms with Gasteiger partial charge in [0.05, 0.1) is 26.4 Å². The molecule has 0 aromatic rings. The summed E-state index contributed by atoms with van der Waals surface area (Å²) in [7, 11) is -7.77. The van der Waals surface area contributed by atoms with Crippen LogP contribution in [-0.4, -0.2) is 46.9 Å². The Morgan fingerprint density at radius 2 is 0.750 bits per heavy atom. The summed E-state index contributed by atoms with van der Waals surface area (Å²) < 4.78 is 42.0. The molecular formula is C16H34Br2O8P2. The van der Waals surface area contributed by atoms with E-state index in [9.17, 15) is 18.9 Å². The quantitative estimate of drug-likeness (QED) is 0.0981. The summed E-state index contributed by atoms with van der Waals surface area (Å²) in [6.07, 6.45) is 10.2. The van der Waals surface area contributed by atoms with Gasteiger partial charge in [0.15, 0.2) is 0 Å². The normalized spacial score (nSPS) is 16.0. The van der Waals surface area contributed by atoms with E-state index < -0.39 is 15.6 Å². The molecule has 0 aliphatic heterocycles. The molecule has 170 valence electrons. The maximum Gasteiger partial charge on any atom is 0.472 e. The molecule has 12 heteroatoms. The van der Waals surface area contributed by atoms with Crippen molar-refractivity contribution in [2.45, 2.75) is 64.2 Å². The SMILES string of the molecule is O=P(O)(OCCBr)OCCCCCCCCCCCCOP(=O)(O)OCCBr. The Morgan fingerprint density at radius 3 is 1.04 bits per heavy atom. The summed E-state index contributed by atoms with van der Waals surface area (Å²) in [5, 5.41) is 0.984. The summed E-state index contributed by atoms with van der Waals surface area (Å²) in [6.45, 7) is 0.768. The third-order valence-electron chi connectivity index (χ3n) is 3.71. The predicted octanol–water partition coefficient (Wildman–Crippen LogP) is 5.94. The molecule has 2 unspecified atom stereocenters. The van der Waals surface area contributed by atoms with Crippen molar-refractivity contribution in [3.8, 4) is 0 Å². The van der Waals surface area contributed by atoms with Crippen molar-refractivity contribution < 1.29 is 37.0 Å². The Labute approximate surface area is 185 Å². The molecule has 0 aliphatic rings. The lowest BCUT2D eigenvalue weighted by atomic mass is 10.1. The zero-order valence-corrected chi connectivity index (χ0v) is 21.3. The minimum atomic E-state index is -3.88. The molecule has 0 fully saturated rings. The number of halogens is 2. The lowest BCUT2D eigenvalue weighted by Crippen LogP contribution is -1.99. The topological polar surface area (TPSA) is 112 Å². The van der Waals surface area contributed by atoms with Gasteiger partial charge in [0.1, 0.15) is 0 Å². The van der Waals surface area contributed by atoms with E-state index in [1.165, 1.54) is 0 Å². The molecule has 0 saturated carbocycles. The van der Waals surface area contributed by atoms with Gasteiger partial charge in [-0.1, -0.05) is 83.2 Å². The summed E-state index contributed by atoms with van der Waals surface area (Å²) in [5.74, 6) is 0. The fourth-order valence-electron chi connectivity index (χ4n) is 2.35. The fourth-order valence-corrected chi connectivity index (χ4v) is 4.69. The molecule has 28 heavy (non-hydrogen) atoms. The van der Waals surface area contributed by atoms with Crippen molar-refractivity contribution in [1.82, 2.24) is 0 Å². The number of alkyl halides is 2. The van der Waals surface area contributed by atoms with Crippen LogP contribution in [0.5, 0.6) is 0 Å². The smallest absolute Gasteiger partial charge is 0.302 e. The van der Waals surface area contributed by atoms with Gasteiger partial charge in [-0.05, 0) is 12.8 Å². The van der Waals surface area contributed by atoms with Gasteiger partial charge in [0, 0.05) is 10.7 Å². The second kappa shape index (κ2) is 18.9. The average molecular weight is 576 g/mol. The van der Waals surface area contributed by atoms with E-state index in [-0.39, 0.29) is 26.4 Å². The lowest BCUT2D eigenvalue weighted by molar-refractivity contribution is 0.152. The number of unbranched alkanes of at least 4 members (excludes halogenated alkanes) is 9. The molecule has 0 heterocycles. The number of phosphoric acid groups is 2. The van der Waals surface area contributed by atoms with Crippen LogP contribution in [0.15, 0.2) is 0 Å². The summed E-state index contributed by atoms with van der Waals surface area (Å²) in [4.78, 5) is 18.7. The van der Waals surface area contributed by atoms with Crippen molar-refractivity contribution in [3.05, 3.63) is 0 Å². The number of phosphoric ester groups is 2. The molecule has 0 amide bonds. The second-order valence-electron chi connectivity index (χ2n) is 6.18. The zero-order chi connectivity index (χ0) is 21.1. The van der Waals surface area contributed by atoms with Crippen molar-refractivity contribution in [1.29, 1.82) is 0 Å². The van der Waals surface area contributed by atoms with Crippen LogP contribution in [0.1, 0.15) is 64.2 Å². The molecule has 0 saturated heterocycles. The third-order valence-corrected chi connectivity index (χ3v) is 6.39. The van der Waals surface area contributed by atoms with Gasteiger partial charge in [-0.15, -0.1) is 0 Å². The van der Waals surface area contributed by atoms with Crippen molar-refractivity contribution in [2.75, 3.05) is 37.1 Å². The Kier molecular flexibility index (Phi) is 19.7. The standard InChI is InChI=1S/C16H34Br2O8P2/c17-11-15-25-27(19,20)23-13-9-7-5-3-1-2-4-6-8-10-14-24-28(21,22)26-16-12-18/h1-16H2,(H,19,20)(H,21,22). The molecule has 2 atom stereocenters. The van der Waals surface area contributed by atoms with Crippen LogP contribution in [0, 0.1) is 0 Å². The van der Waals surface area contributed by atoms with Crippen LogP contribution in [0.25, 0.3) is 0 Å². The van der Waals surface area contributed by atoms with Gasteiger partial charge in [0.2, 0.25) is 0 Å². The molecular weight excluding hydrogens is 542 g/mol. The number of hydrogen-bond donors (Lipinski definition) is 2. The van der Waals surface area contributed by atoms with Crippen molar-refractivity contribution in [3.63, 3.8) is 0 Å². The maximum atomic E-state index is 11.4. The highest BCUT2D eigenvalue weighted by Gasteiger charge is 2.20. The van der Waals surface area contributed by atoms with E-state index in [4.69, 9.17) is 18.1 Å². The van der Waals surface area contributed by atoms with Crippen molar-refractivity contribution in [2.24, 2.45) is 0 Å². The summed E-state index contributed by atoms with van der Waals surface area (Å²) in [6, 6.07) is 0. The molecule has 0 aromatic heterocycles. The van der Waals surface area contributed by atoms with Crippen LogP contribution in [-0.2, 0) is 27.2 Å². The third kappa shape index (κ3) is 20.5. The van der Waals surface area contributed by atoms with Crippen LogP contribution < -0.4 is 0 Å². The highest BCUT2D eigenvalue weighted by atomic mass is 79.9. The Balaban J connectivity index is 3.32. The van der Waals surface area contributed by atoms with E-state index in [2.05, 4.69) is 31.9 Å². The monoisotopic (exact) mass is 574 g/mol. The lowest BCUT2D eigenvalue weighted by Gasteiger charge is -2.11. The van der Waals surface area contributed by atoms with E-state index in [1.807, 2.05) is 0 Å². The Bertz CT molecular complexity index is 416. The van der Waals surface area contributed by atoms with E-state index in [0.717, 1.165) is 64.2 Å². The molecule has 8 nitrogen and oxygen atoms in total. The van der Waals surface area contributed by atoms with Gasteiger partial charge in [-0.3, -0.25) is 18.1 Å². The van der Waals surface area contributed by atoms with Gasteiger partial charge in [-0.25, -0.2) is 9.13 Å². The largest absolute Gasteiger partial charge is 0.472 e. The first-order valence-corrected chi connectivity index (χ1v) is 14.9. The first-order chi connectivity index (χ1) is 13.3. The van der Waals surface area contributed by atoms with Crippen LogP contribution in [0.4, 0.5) is 0 Å². The van der Waals surface area contributed by atoms with E-state index in [1.54, 1.807) is 0 Å². The van der Waals surface area contributed by atoms with Gasteiger partial charge >= 0.3 is 15.6 Å². The minimum absolute atomic E-state index is 0.148. The molecule has 0 spiro atoms. The number of hydrogen-bond acceptors (Lipinski definition) is 6. The maximum absolute atomic E-state index is 11.4. The highest BCUT2D eigenvalue weighted by Crippen LogP contribution is 2.43. The fraction of sp³-hybridized carbons (Fsp3) is 1.00. The molecule has 0 rings (SSSR count). The average Bonchev–Trinajstić information content (AvgIpc) is 2.65. The van der Waals surface area contributed by atoms with Crippen LogP contribution in [0.3, 0.4) is 0 Å². The predicted molar refractivity (Wildman–Crippen MR) is 117 cm³/mol. The molecule has 0 bridgehead atoms. The second-order valence-corrected chi connectivity index (χ2v) is 10.7. The molecule has 0 aromatic carbocycles. The van der Waals surface area contributed by atoms with Crippen molar-refractivity contribution >= 4 is 47.5 Å². The van der Waals surface area contributed by atoms with Crippen LogP contribution in [0.2, 0.25) is 0 Å². The highest BCUT2D eigenvalue weighted by molar-refractivity contribution is 9.09. The number of rotatable bonds is 21. The van der Waals surface area contributed by atoms with Gasteiger partial charge < -0.3 is 9.79 Å².